The first-order valence-corrected chi connectivity index (χ1v) is 3.71. The number of aryl methyl sites for hydroxylation is 1. The average molecular weight is 194 g/mol. The lowest BCUT2D eigenvalue weighted by molar-refractivity contribution is -0.134. The van der Waals surface area contributed by atoms with Crippen LogP contribution < -0.4 is 0 Å². The summed E-state index contributed by atoms with van der Waals surface area (Å²) in [5, 5.41) is 8.59. The van der Waals surface area contributed by atoms with Crippen molar-refractivity contribution in [2.24, 2.45) is 0 Å². The van der Waals surface area contributed by atoms with E-state index < -0.39 is 12.6 Å². The molecule has 0 saturated heterocycles. The van der Waals surface area contributed by atoms with Crippen LogP contribution in [0.15, 0.2) is 6.20 Å². The Morgan fingerprint density at radius 1 is 1.46 bits per heavy atom. The number of hydrogen-bond donors (Lipinski definition) is 2. The first-order chi connectivity index (χ1) is 6.01. The monoisotopic (exact) mass is 194 g/mol. The molecule has 0 aliphatic heterocycles. The Morgan fingerprint density at radius 3 is 2.62 bits per heavy atom. The second-order valence-corrected chi connectivity index (χ2v) is 2.63. The summed E-state index contributed by atoms with van der Waals surface area (Å²) in [6, 6.07) is 0. The van der Waals surface area contributed by atoms with Gasteiger partial charge < -0.3 is 10.1 Å². The lowest BCUT2D eigenvalue weighted by Gasteiger charge is -2.03. The fraction of sp³-hybridized carbons (Fsp3) is 0.571. The number of aliphatic hydroxyl groups excluding tert-OH is 1. The summed E-state index contributed by atoms with van der Waals surface area (Å²) in [6.07, 6.45) is -3.91. The molecule has 0 aliphatic rings. The van der Waals surface area contributed by atoms with Gasteiger partial charge >= 0.3 is 6.18 Å². The van der Waals surface area contributed by atoms with E-state index in [-0.39, 0.29) is 18.9 Å². The molecule has 0 saturated carbocycles. The molecule has 1 rings (SSSR count). The predicted molar refractivity (Wildman–Crippen MR) is 38.9 cm³/mol. The molecule has 0 atom stereocenters. The highest BCUT2D eigenvalue weighted by atomic mass is 19.4. The number of aromatic amines is 1. The third-order valence-corrected chi connectivity index (χ3v) is 1.50. The second kappa shape index (κ2) is 3.78. The number of nitrogens with zero attached hydrogens (tertiary/aromatic N) is 1. The number of aromatic nitrogens is 2. The van der Waals surface area contributed by atoms with E-state index in [1.54, 1.807) is 0 Å². The number of imidazole rings is 1. The molecule has 2 N–H and O–H groups in total. The van der Waals surface area contributed by atoms with Gasteiger partial charge in [-0.25, -0.2) is 4.98 Å². The highest BCUT2D eigenvalue weighted by molar-refractivity contribution is 4.99. The zero-order chi connectivity index (χ0) is 9.90. The minimum atomic E-state index is -4.16. The third-order valence-electron chi connectivity index (χ3n) is 1.50. The van der Waals surface area contributed by atoms with Crippen LogP contribution in [0.5, 0.6) is 0 Å². The number of hydrogen-bond acceptors (Lipinski definition) is 2. The van der Waals surface area contributed by atoms with Crippen LogP contribution in [0, 0.1) is 0 Å². The topological polar surface area (TPSA) is 48.9 Å². The molecule has 0 aliphatic carbocycles. The molecule has 1 heterocycles. The molecule has 0 aromatic carbocycles. The molecule has 0 amide bonds. The number of halogens is 3. The van der Waals surface area contributed by atoms with Gasteiger partial charge in [-0.15, -0.1) is 0 Å². The Hall–Kier alpha value is -1.04. The predicted octanol–water partition coefficient (Wildman–Crippen LogP) is 1.40. The van der Waals surface area contributed by atoms with Crippen molar-refractivity contribution in [3.8, 4) is 0 Å². The first kappa shape index (κ1) is 10.0. The molecule has 3 nitrogen and oxygen atoms in total. The molecule has 0 fully saturated rings. The lowest BCUT2D eigenvalue weighted by Crippen LogP contribution is -2.09. The number of alkyl halides is 3. The molecule has 0 spiro atoms. The van der Waals surface area contributed by atoms with Crippen LogP contribution in [0.2, 0.25) is 0 Å². The normalized spacial score (nSPS) is 12.0. The summed E-state index contributed by atoms with van der Waals surface area (Å²) in [7, 11) is 0. The molecule has 6 heteroatoms. The van der Waals surface area contributed by atoms with Crippen LogP contribution in [-0.2, 0) is 13.0 Å². The van der Waals surface area contributed by atoms with Crippen LogP contribution in [0.3, 0.4) is 0 Å². The van der Waals surface area contributed by atoms with Crippen LogP contribution in [0.1, 0.15) is 17.9 Å². The zero-order valence-corrected chi connectivity index (χ0v) is 6.73. The van der Waals surface area contributed by atoms with Gasteiger partial charge in [0.15, 0.2) is 0 Å². The van der Waals surface area contributed by atoms with E-state index in [0.29, 0.717) is 5.69 Å². The highest BCUT2D eigenvalue weighted by Gasteiger charge is 2.26. The van der Waals surface area contributed by atoms with Crippen molar-refractivity contribution in [1.82, 2.24) is 9.97 Å². The van der Waals surface area contributed by atoms with E-state index in [0.717, 1.165) is 0 Å². The summed E-state index contributed by atoms with van der Waals surface area (Å²) in [5.41, 5.74) is 0.428. The Kier molecular flexibility index (Phi) is 2.92. The van der Waals surface area contributed by atoms with Crippen molar-refractivity contribution < 1.29 is 18.3 Å². The van der Waals surface area contributed by atoms with Crippen molar-refractivity contribution in [2.45, 2.75) is 25.6 Å². The standard InChI is InChI=1S/C7H9F3N2O/c8-7(9,10)2-1-6-11-3-5(4-13)12-6/h3,13H,1-2,4H2,(H,11,12). The number of aliphatic hydroxyl groups is 1. The van der Waals surface area contributed by atoms with Gasteiger partial charge in [-0.1, -0.05) is 0 Å². The second-order valence-electron chi connectivity index (χ2n) is 2.63. The minimum Gasteiger partial charge on any atom is -0.390 e. The number of rotatable bonds is 3. The van der Waals surface area contributed by atoms with Gasteiger partial charge in [0.1, 0.15) is 5.82 Å². The first-order valence-electron chi connectivity index (χ1n) is 3.71. The maximum Gasteiger partial charge on any atom is 0.389 e. The van der Waals surface area contributed by atoms with Crippen LogP contribution in [-0.4, -0.2) is 21.3 Å². The van der Waals surface area contributed by atoms with E-state index in [4.69, 9.17) is 5.11 Å². The molecule has 1 aromatic heterocycles. The van der Waals surface area contributed by atoms with Crippen molar-refractivity contribution in [2.75, 3.05) is 0 Å². The highest BCUT2D eigenvalue weighted by Crippen LogP contribution is 2.21. The smallest absolute Gasteiger partial charge is 0.389 e. The van der Waals surface area contributed by atoms with E-state index >= 15 is 0 Å². The van der Waals surface area contributed by atoms with Crippen LogP contribution in [0.4, 0.5) is 13.2 Å². The van der Waals surface area contributed by atoms with Gasteiger partial charge in [-0.3, -0.25) is 0 Å². The number of H-pyrrole nitrogens is 1. The third kappa shape index (κ3) is 3.45. The Morgan fingerprint density at radius 2 is 2.15 bits per heavy atom. The Balaban J connectivity index is 2.46. The molecule has 74 valence electrons. The van der Waals surface area contributed by atoms with E-state index in [2.05, 4.69) is 9.97 Å². The molecule has 0 unspecified atom stereocenters. The van der Waals surface area contributed by atoms with Crippen molar-refractivity contribution in [3.63, 3.8) is 0 Å². The molecule has 0 bridgehead atoms. The van der Waals surface area contributed by atoms with Gasteiger partial charge in [-0.2, -0.15) is 13.2 Å². The summed E-state index contributed by atoms with van der Waals surface area (Å²) < 4.78 is 35.2. The van der Waals surface area contributed by atoms with E-state index in [1.807, 2.05) is 0 Å². The number of nitrogens with one attached hydrogen (secondary N) is 1. The zero-order valence-electron chi connectivity index (χ0n) is 6.73. The fourth-order valence-electron chi connectivity index (χ4n) is 0.873. The quantitative estimate of drug-likeness (QED) is 0.764. The average Bonchev–Trinajstić information content (AvgIpc) is 2.47. The Labute approximate surface area is 72.6 Å². The molecule has 1 aromatic rings. The maximum absolute atomic E-state index is 11.7. The van der Waals surface area contributed by atoms with Gasteiger partial charge in [-0.05, 0) is 0 Å². The van der Waals surface area contributed by atoms with Crippen molar-refractivity contribution in [3.05, 3.63) is 17.7 Å². The summed E-state index contributed by atoms with van der Waals surface area (Å²) >= 11 is 0. The van der Waals surface area contributed by atoms with Crippen molar-refractivity contribution in [1.29, 1.82) is 0 Å². The van der Waals surface area contributed by atoms with Gasteiger partial charge in [0, 0.05) is 6.42 Å². The fourth-order valence-corrected chi connectivity index (χ4v) is 0.873. The van der Waals surface area contributed by atoms with Gasteiger partial charge in [0.25, 0.3) is 0 Å². The summed E-state index contributed by atoms with van der Waals surface area (Å²) in [6.45, 7) is -0.237. The molecular weight excluding hydrogens is 185 g/mol. The SMILES string of the molecule is OCc1cnc(CCC(F)(F)F)[nH]1. The molecular formula is C7H9F3N2O. The van der Waals surface area contributed by atoms with Crippen LogP contribution in [0.25, 0.3) is 0 Å². The Bertz CT molecular complexity index is 269. The van der Waals surface area contributed by atoms with Crippen molar-refractivity contribution >= 4 is 0 Å². The maximum atomic E-state index is 11.7. The van der Waals surface area contributed by atoms with Crippen LogP contribution >= 0.6 is 0 Å². The molecule has 0 radical (unpaired) electrons. The summed E-state index contributed by atoms with van der Waals surface area (Å²) in [5.74, 6) is 0.251. The van der Waals surface area contributed by atoms with Gasteiger partial charge in [0.05, 0.1) is 24.9 Å². The van der Waals surface area contributed by atoms with E-state index in [1.165, 1.54) is 6.20 Å². The largest absolute Gasteiger partial charge is 0.390 e. The minimum absolute atomic E-state index is 0.177. The lowest BCUT2D eigenvalue weighted by atomic mass is 10.3. The van der Waals surface area contributed by atoms with E-state index in [9.17, 15) is 13.2 Å². The summed E-state index contributed by atoms with van der Waals surface area (Å²) in [4.78, 5) is 6.25. The molecule has 13 heavy (non-hydrogen) atoms. The van der Waals surface area contributed by atoms with Gasteiger partial charge in [0.2, 0.25) is 0 Å².